The van der Waals surface area contributed by atoms with Gasteiger partial charge in [-0.15, -0.1) is 0 Å². The molecule has 1 amide bonds. The van der Waals surface area contributed by atoms with E-state index in [1.807, 2.05) is 13.8 Å². The molecular formula is C19H36N2O. The summed E-state index contributed by atoms with van der Waals surface area (Å²) in [5, 5.41) is 0. The van der Waals surface area contributed by atoms with E-state index in [2.05, 4.69) is 30.6 Å². The minimum Gasteiger partial charge on any atom is -0.342 e. The largest absolute Gasteiger partial charge is 0.342 e. The Hall–Kier alpha value is -0.570. The lowest BCUT2D eigenvalue weighted by Gasteiger charge is -2.54. The van der Waals surface area contributed by atoms with Crippen LogP contribution in [0.1, 0.15) is 60.3 Å². The van der Waals surface area contributed by atoms with E-state index >= 15 is 0 Å². The fourth-order valence-corrected chi connectivity index (χ4v) is 4.30. The van der Waals surface area contributed by atoms with E-state index in [1.165, 1.54) is 45.3 Å². The highest BCUT2D eigenvalue weighted by Crippen LogP contribution is 2.41. The zero-order chi connectivity index (χ0) is 16.3. The Labute approximate surface area is 137 Å². The van der Waals surface area contributed by atoms with E-state index in [9.17, 15) is 4.79 Å². The van der Waals surface area contributed by atoms with Gasteiger partial charge in [-0.05, 0) is 43.1 Å². The molecule has 2 aliphatic heterocycles. The highest BCUT2D eigenvalue weighted by molar-refractivity contribution is 5.78. The Kier molecular flexibility index (Phi) is 5.93. The van der Waals surface area contributed by atoms with Crippen LogP contribution in [0.4, 0.5) is 0 Å². The summed E-state index contributed by atoms with van der Waals surface area (Å²) in [6, 6.07) is 0. The van der Waals surface area contributed by atoms with E-state index in [-0.39, 0.29) is 5.92 Å². The van der Waals surface area contributed by atoms with Crippen molar-refractivity contribution in [1.82, 2.24) is 9.80 Å². The normalized spacial score (nSPS) is 23.1. The Morgan fingerprint density at radius 2 is 1.68 bits per heavy atom. The van der Waals surface area contributed by atoms with Gasteiger partial charge in [0.1, 0.15) is 0 Å². The molecule has 3 nitrogen and oxygen atoms in total. The van der Waals surface area contributed by atoms with Gasteiger partial charge in [0.15, 0.2) is 0 Å². The lowest BCUT2D eigenvalue weighted by molar-refractivity contribution is -0.139. The minimum absolute atomic E-state index is 0.147. The monoisotopic (exact) mass is 308 g/mol. The summed E-state index contributed by atoms with van der Waals surface area (Å²) < 4.78 is 0. The standard InChI is InChI=1S/C19H36N2O/c1-6-17(15(2)3)7-10-20-13-19(14-20)8-11-21(12-9-19)18(22)16(4)5/h15-17H,6-14H2,1-5H3. The summed E-state index contributed by atoms with van der Waals surface area (Å²) in [7, 11) is 0. The highest BCUT2D eigenvalue weighted by Gasteiger charge is 2.45. The lowest BCUT2D eigenvalue weighted by atomic mass is 9.71. The molecule has 0 aromatic rings. The first-order valence-corrected chi connectivity index (χ1v) is 9.38. The summed E-state index contributed by atoms with van der Waals surface area (Å²) in [4.78, 5) is 16.8. The van der Waals surface area contributed by atoms with E-state index in [0.29, 0.717) is 11.3 Å². The molecule has 1 spiro atoms. The SMILES string of the molecule is CCC(CCN1CC2(CCN(C(=O)C(C)C)CC2)C1)C(C)C. The van der Waals surface area contributed by atoms with Gasteiger partial charge in [-0.25, -0.2) is 0 Å². The number of rotatable bonds is 6. The fraction of sp³-hybridized carbons (Fsp3) is 0.947. The molecule has 0 aromatic carbocycles. The first kappa shape index (κ1) is 17.8. The van der Waals surface area contributed by atoms with Crippen molar-refractivity contribution in [2.45, 2.75) is 60.3 Å². The number of piperidine rings is 1. The minimum atomic E-state index is 0.147. The van der Waals surface area contributed by atoms with Crippen LogP contribution in [0.15, 0.2) is 0 Å². The molecule has 2 rings (SSSR count). The van der Waals surface area contributed by atoms with Gasteiger partial charge in [0.05, 0.1) is 0 Å². The van der Waals surface area contributed by atoms with Crippen LogP contribution < -0.4 is 0 Å². The first-order valence-electron chi connectivity index (χ1n) is 9.38. The summed E-state index contributed by atoms with van der Waals surface area (Å²) in [5.41, 5.74) is 0.535. The number of carbonyl (C=O) groups excluding carboxylic acids is 1. The summed E-state index contributed by atoms with van der Waals surface area (Å²) >= 11 is 0. The van der Waals surface area contributed by atoms with Crippen molar-refractivity contribution in [3.63, 3.8) is 0 Å². The molecule has 0 radical (unpaired) electrons. The van der Waals surface area contributed by atoms with Crippen LogP contribution in [0.5, 0.6) is 0 Å². The van der Waals surface area contributed by atoms with E-state index < -0.39 is 0 Å². The maximum absolute atomic E-state index is 12.1. The van der Waals surface area contributed by atoms with Crippen LogP contribution in [0.25, 0.3) is 0 Å². The van der Waals surface area contributed by atoms with Gasteiger partial charge in [0.2, 0.25) is 5.91 Å². The van der Waals surface area contributed by atoms with Crippen LogP contribution in [0, 0.1) is 23.2 Å². The smallest absolute Gasteiger partial charge is 0.225 e. The zero-order valence-corrected chi connectivity index (χ0v) is 15.4. The molecule has 1 atom stereocenters. The van der Waals surface area contributed by atoms with Gasteiger partial charge in [-0.3, -0.25) is 4.79 Å². The number of likely N-dealkylation sites (tertiary alicyclic amines) is 2. The molecule has 3 heteroatoms. The molecule has 2 saturated heterocycles. The Morgan fingerprint density at radius 1 is 1.09 bits per heavy atom. The Balaban J connectivity index is 1.70. The topological polar surface area (TPSA) is 23.6 Å². The highest BCUT2D eigenvalue weighted by atomic mass is 16.2. The predicted octanol–water partition coefficient (Wildman–Crippen LogP) is 3.64. The van der Waals surface area contributed by atoms with Crippen molar-refractivity contribution in [3.05, 3.63) is 0 Å². The second-order valence-electron chi connectivity index (χ2n) is 8.39. The molecule has 0 N–H and O–H groups in total. The van der Waals surface area contributed by atoms with Crippen LogP contribution in [-0.2, 0) is 4.79 Å². The number of carbonyl (C=O) groups is 1. The van der Waals surface area contributed by atoms with Crippen molar-refractivity contribution in [1.29, 1.82) is 0 Å². The fourth-order valence-electron chi connectivity index (χ4n) is 4.30. The second-order valence-corrected chi connectivity index (χ2v) is 8.39. The molecule has 0 aromatic heterocycles. The van der Waals surface area contributed by atoms with Gasteiger partial charge < -0.3 is 9.80 Å². The van der Waals surface area contributed by atoms with E-state index in [1.54, 1.807) is 0 Å². The Bertz CT molecular complexity index is 362. The molecule has 22 heavy (non-hydrogen) atoms. The van der Waals surface area contributed by atoms with Crippen LogP contribution >= 0.6 is 0 Å². The number of amides is 1. The van der Waals surface area contributed by atoms with E-state index in [4.69, 9.17) is 0 Å². The van der Waals surface area contributed by atoms with Gasteiger partial charge >= 0.3 is 0 Å². The molecule has 128 valence electrons. The molecular weight excluding hydrogens is 272 g/mol. The third kappa shape index (κ3) is 4.04. The molecule has 2 fully saturated rings. The van der Waals surface area contributed by atoms with Crippen molar-refractivity contribution < 1.29 is 4.79 Å². The summed E-state index contributed by atoms with van der Waals surface area (Å²) in [6.07, 6.45) is 5.08. The average Bonchev–Trinajstić information content (AvgIpc) is 2.45. The van der Waals surface area contributed by atoms with Crippen LogP contribution in [-0.4, -0.2) is 48.4 Å². The molecule has 1 unspecified atom stereocenters. The maximum atomic E-state index is 12.1. The maximum Gasteiger partial charge on any atom is 0.225 e. The lowest BCUT2D eigenvalue weighted by Crippen LogP contribution is -2.61. The Morgan fingerprint density at radius 3 is 2.14 bits per heavy atom. The zero-order valence-electron chi connectivity index (χ0n) is 15.4. The average molecular weight is 309 g/mol. The van der Waals surface area contributed by atoms with Gasteiger partial charge in [0, 0.05) is 32.1 Å². The molecule has 0 aliphatic carbocycles. The van der Waals surface area contributed by atoms with Gasteiger partial charge in [-0.1, -0.05) is 41.0 Å². The third-order valence-corrected chi connectivity index (χ3v) is 6.03. The summed E-state index contributed by atoms with van der Waals surface area (Å²) in [6.45, 7) is 16.8. The quantitative estimate of drug-likeness (QED) is 0.748. The first-order chi connectivity index (χ1) is 10.4. The van der Waals surface area contributed by atoms with Crippen molar-refractivity contribution in [3.8, 4) is 0 Å². The number of nitrogens with zero attached hydrogens (tertiary/aromatic N) is 2. The predicted molar refractivity (Wildman–Crippen MR) is 92.8 cm³/mol. The molecule has 2 aliphatic rings. The third-order valence-electron chi connectivity index (χ3n) is 6.03. The van der Waals surface area contributed by atoms with Crippen molar-refractivity contribution in [2.75, 3.05) is 32.7 Å². The van der Waals surface area contributed by atoms with E-state index in [0.717, 1.165) is 24.9 Å². The van der Waals surface area contributed by atoms with Gasteiger partial charge in [0.25, 0.3) is 0 Å². The molecule has 0 saturated carbocycles. The van der Waals surface area contributed by atoms with Gasteiger partial charge in [-0.2, -0.15) is 0 Å². The van der Waals surface area contributed by atoms with Crippen molar-refractivity contribution >= 4 is 5.91 Å². The van der Waals surface area contributed by atoms with Crippen molar-refractivity contribution in [2.24, 2.45) is 23.2 Å². The molecule has 0 bridgehead atoms. The summed E-state index contributed by atoms with van der Waals surface area (Å²) in [5.74, 6) is 2.18. The second kappa shape index (κ2) is 7.33. The van der Waals surface area contributed by atoms with Crippen LogP contribution in [0.2, 0.25) is 0 Å². The molecule has 2 heterocycles. The van der Waals surface area contributed by atoms with Crippen LogP contribution in [0.3, 0.4) is 0 Å². The number of hydrogen-bond acceptors (Lipinski definition) is 2. The number of hydrogen-bond donors (Lipinski definition) is 0.